The molecular formula is C22H31N7O. The number of pyridine rings is 1. The number of ether oxygens (including phenoxy) is 1. The molecule has 0 spiro atoms. The van der Waals surface area contributed by atoms with Gasteiger partial charge in [0, 0.05) is 13.2 Å². The van der Waals surface area contributed by atoms with Crippen LogP contribution in [0.25, 0.3) is 11.4 Å². The first kappa shape index (κ1) is 20.5. The van der Waals surface area contributed by atoms with E-state index >= 15 is 0 Å². The second kappa shape index (κ2) is 8.93. The Hall–Kier alpha value is -2.77. The summed E-state index contributed by atoms with van der Waals surface area (Å²) >= 11 is 0. The fourth-order valence-electron chi connectivity index (χ4n) is 4.00. The summed E-state index contributed by atoms with van der Waals surface area (Å²) in [4.78, 5) is 4.78. The van der Waals surface area contributed by atoms with Gasteiger partial charge < -0.3 is 4.74 Å². The fourth-order valence-corrected chi connectivity index (χ4v) is 4.00. The van der Waals surface area contributed by atoms with Crippen molar-refractivity contribution < 1.29 is 4.74 Å². The maximum atomic E-state index is 6.22. The predicted molar refractivity (Wildman–Crippen MR) is 114 cm³/mol. The highest BCUT2D eigenvalue weighted by Gasteiger charge is 2.19. The summed E-state index contributed by atoms with van der Waals surface area (Å²) in [6, 6.07) is 3.99. The minimum absolute atomic E-state index is 0.310. The van der Waals surface area contributed by atoms with E-state index in [1.807, 2.05) is 37.0 Å². The van der Waals surface area contributed by atoms with Crippen molar-refractivity contribution in [2.75, 3.05) is 0 Å². The van der Waals surface area contributed by atoms with Gasteiger partial charge in [-0.1, -0.05) is 30.7 Å². The van der Waals surface area contributed by atoms with Crippen LogP contribution in [0, 0.1) is 12.8 Å². The predicted octanol–water partition coefficient (Wildman–Crippen LogP) is 3.74. The van der Waals surface area contributed by atoms with Crippen LogP contribution in [0.4, 0.5) is 0 Å². The van der Waals surface area contributed by atoms with Crippen LogP contribution >= 0.6 is 0 Å². The number of nitrogens with zero attached hydrogens (tertiary/aromatic N) is 7. The topological polar surface area (TPSA) is 83.5 Å². The number of aromatic nitrogens is 7. The monoisotopic (exact) mass is 409 g/mol. The highest BCUT2D eigenvalue weighted by Crippen LogP contribution is 2.28. The Morgan fingerprint density at radius 1 is 1.10 bits per heavy atom. The summed E-state index contributed by atoms with van der Waals surface area (Å²) in [7, 11) is 1.89. The van der Waals surface area contributed by atoms with Crippen LogP contribution < -0.4 is 4.74 Å². The van der Waals surface area contributed by atoms with Crippen molar-refractivity contribution >= 4 is 0 Å². The van der Waals surface area contributed by atoms with Gasteiger partial charge >= 0.3 is 0 Å². The van der Waals surface area contributed by atoms with Gasteiger partial charge in [-0.15, -0.1) is 10.2 Å². The van der Waals surface area contributed by atoms with Gasteiger partial charge in [0.2, 0.25) is 0 Å². The highest BCUT2D eigenvalue weighted by atomic mass is 16.5. The van der Waals surface area contributed by atoms with E-state index in [1.165, 1.54) is 19.3 Å². The van der Waals surface area contributed by atoms with E-state index in [1.54, 1.807) is 4.68 Å². The molecule has 3 aromatic heterocycles. The second-order valence-corrected chi connectivity index (χ2v) is 8.67. The first-order valence-corrected chi connectivity index (χ1v) is 10.9. The molecule has 0 unspecified atom stereocenters. The molecular weight excluding hydrogens is 378 g/mol. The second-order valence-electron chi connectivity index (χ2n) is 8.67. The van der Waals surface area contributed by atoms with E-state index < -0.39 is 0 Å². The summed E-state index contributed by atoms with van der Waals surface area (Å²) in [6.45, 7) is 6.90. The van der Waals surface area contributed by atoms with Gasteiger partial charge in [-0.2, -0.15) is 0 Å². The quantitative estimate of drug-likeness (QED) is 0.591. The SMILES string of the molecule is Cc1nc(-c2nnn(C)c2Cn2cc(CC(C)C)nn2)ccc1OC1CCCCC1. The lowest BCUT2D eigenvalue weighted by atomic mass is 9.98. The zero-order chi connectivity index (χ0) is 21.1. The first-order valence-electron chi connectivity index (χ1n) is 10.9. The number of hydrogen-bond acceptors (Lipinski definition) is 6. The molecule has 30 heavy (non-hydrogen) atoms. The van der Waals surface area contributed by atoms with Gasteiger partial charge in [-0.25, -0.2) is 14.3 Å². The number of aryl methyl sites for hydroxylation is 2. The van der Waals surface area contributed by atoms with Gasteiger partial charge in [0.15, 0.2) is 0 Å². The Morgan fingerprint density at radius 3 is 2.63 bits per heavy atom. The molecule has 3 aromatic rings. The first-order chi connectivity index (χ1) is 14.5. The van der Waals surface area contributed by atoms with Gasteiger partial charge in [-0.05, 0) is 57.1 Å². The summed E-state index contributed by atoms with van der Waals surface area (Å²) in [5.74, 6) is 1.41. The van der Waals surface area contributed by atoms with E-state index in [4.69, 9.17) is 9.72 Å². The molecule has 0 aromatic carbocycles. The molecule has 0 amide bonds. The van der Waals surface area contributed by atoms with Crippen LogP contribution in [-0.4, -0.2) is 41.1 Å². The molecule has 1 fully saturated rings. The van der Waals surface area contributed by atoms with Crippen molar-refractivity contribution in [1.29, 1.82) is 0 Å². The zero-order valence-corrected chi connectivity index (χ0v) is 18.4. The molecule has 8 nitrogen and oxygen atoms in total. The Kier molecular flexibility index (Phi) is 6.11. The van der Waals surface area contributed by atoms with Gasteiger partial charge in [0.25, 0.3) is 0 Å². The van der Waals surface area contributed by atoms with E-state index in [2.05, 4.69) is 34.5 Å². The van der Waals surface area contributed by atoms with Crippen molar-refractivity contribution in [1.82, 2.24) is 35.0 Å². The van der Waals surface area contributed by atoms with Crippen LogP contribution in [0.5, 0.6) is 5.75 Å². The third-order valence-corrected chi connectivity index (χ3v) is 5.58. The molecule has 0 bridgehead atoms. The fraction of sp³-hybridized carbons (Fsp3) is 0.591. The largest absolute Gasteiger partial charge is 0.489 e. The summed E-state index contributed by atoms with van der Waals surface area (Å²) < 4.78 is 9.84. The van der Waals surface area contributed by atoms with Crippen molar-refractivity contribution in [3.05, 3.63) is 35.4 Å². The lowest BCUT2D eigenvalue weighted by molar-refractivity contribution is 0.153. The van der Waals surface area contributed by atoms with Crippen molar-refractivity contribution in [2.24, 2.45) is 13.0 Å². The van der Waals surface area contributed by atoms with Crippen LogP contribution in [-0.2, 0) is 20.0 Å². The molecule has 1 saturated carbocycles. The zero-order valence-electron chi connectivity index (χ0n) is 18.4. The lowest BCUT2D eigenvalue weighted by Gasteiger charge is -2.23. The molecule has 8 heteroatoms. The summed E-state index contributed by atoms with van der Waals surface area (Å²) in [5.41, 5.74) is 4.40. The van der Waals surface area contributed by atoms with Crippen molar-refractivity contribution in [2.45, 2.75) is 71.9 Å². The summed E-state index contributed by atoms with van der Waals surface area (Å²) in [5, 5.41) is 17.2. The molecule has 0 aliphatic heterocycles. The standard InChI is InChI=1S/C22H31N7O/c1-15(2)12-17-13-29(27-24-17)14-20-22(25-26-28(20)4)19-10-11-21(16(3)23-19)30-18-8-6-5-7-9-18/h10-11,13,15,18H,5-9,12,14H2,1-4H3. The smallest absolute Gasteiger partial charge is 0.140 e. The normalized spacial score (nSPS) is 15.1. The Labute approximate surface area is 177 Å². The molecule has 3 heterocycles. The van der Waals surface area contributed by atoms with E-state index in [0.29, 0.717) is 18.6 Å². The Morgan fingerprint density at radius 2 is 1.90 bits per heavy atom. The Balaban J connectivity index is 1.53. The highest BCUT2D eigenvalue weighted by molar-refractivity contribution is 5.58. The van der Waals surface area contributed by atoms with Crippen LogP contribution in [0.15, 0.2) is 18.3 Å². The molecule has 0 radical (unpaired) electrons. The molecule has 0 N–H and O–H groups in total. The number of hydrogen-bond donors (Lipinski definition) is 0. The molecule has 1 aliphatic rings. The average Bonchev–Trinajstić information content (AvgIpc) is 3.31. The Bertz CT molecular complexity index is 985. The minimum Gasteiger partial charge on any atom is -0.489 e. The molecule has 4 rings (SSSR count). The van der Waals surface area contributed by atoms with E-state index in [9.17, 15) is 0 Å². The van der Waals surface area contributed by atoms with Gasteiger partial charge in [0.05, 0.1) is 35.4 Å². The maximum absolute atomic E-state index is 6.22. The van der Waals surface area contributed by atoms with Crippen LogP contribution in [0.2, 0.25) is 0 Å². The van der Waals surface area contributed by atoms with E-state index in [0.717, 1.165) is 53.5 Å². The van der Waals surface area contributed by atoms with Gasteiger partial charge in [0.1, 0.15) is 11.4 Å². The maximum Gasteiger partial charge on any atom is 0.140 e. The minimum atomic E-state index is 0.310. The molecule has 1 aliphatic carbocycles. The summed E-state index contributed by atoms with van der Waals surface area (Å²) in [6.07, 6.45) is 9.30. The lowest BCUT2D eigenvalue weighted by Crippen LogP contribution is -2.20. The third kappa shape index (κ3) is 4.68. The van der Waals surface area contributed by atoms with Crippen molar-refractivity contribution in [3.8, 4) is 17.1 Å². The van der Waals surface area contributed by atoms with Gasteiger partial charge in [-0.3, -0.25) is 0 Å². The molecule has 0 atom stereocenters. The molecule has 160 valence electrons. The van der Waals surface area contributed by atoms with E-state index in [-0.39, 0.29) is 0 Å². The molecule has 0 saturated heterocycles. The van der Waals surface area contributed by atoms with Crippen LogP contribution in [0.1, 0.15) is 63.0 Å². The van der Waals surface area contributed by atoms with Crippen molar-refractivity contribution in [3.63, 3.8) is 0 Å². The third-order valence-electron chi connectivity index (χ3n) is 5.58. The van der Waals surface area contributed by atoms with Crippen LogP contribution in [0.3, 0.4) is 0 Å². The number of rotatable bonds is 7. The average molecular weight is 410 g/mol.